The highest BCUT2D eigenvalue weighted by molar-refractivity contribution is 7.98. The summed E-state index contributed by atoms with van der Waals surface area (Å²) in [5.41, 5.74) is 0. The molecule has 0 bridgehead atoms. The fourth-order valence-electron chi connectivity index (χ4n) is 1.31. The zero-order valence-electron chi connectivity index (χ0n) is 9.72. The van der Waals surface area contributed by atoms with Crippen LogP contribution in [0.25, 0.3) is 0 Å². The predicted octanol–water partition coefficient (Wildman–Crippen LogP) is 2.63. The molecule has 0 amide bonds. The number of carbonyl (C=O) groups is 1. The van der Waals surface area contributed by atoms with E-state index in [0.717, 1.165) is 4.90 Å². The zero-order valence-corrected chi connectivity index (χ0v) is 10.5. The van der Waals surface area contributed by atoms with Gasteiger partial charge in [0.25, 0.3) is 0 Å². The van der Waals surface area contributed by atoms with E-state index in [0.29, 0.717) is 17.5 Å². The Morgan fingerprint density at radius 1 is 1.39 bits per heavy atom. The van der Waals surface area contributed by atoms with Gasteiger partial charge in [-0.2, -0.15) is 4.98 Å². The molecule has 94 valence electrons. The number of ketones is 1. The van der Waals surface area contributed by atoms with E-state index >= 15 is 0 Å². The highest BCUT2D eigenvalue weighted by Gasteiger charge is 2.08. The van der Waals surface area contributed by atoms with Gasteiger partial charge < -0.3 is 4.52 Å². The Morgan fingerprint density at radius 2 is 2.11 bits per heavy atom. The average molecular weight is 266 g/mol. The van der Waals surface area contributed by atoms with E-state index in [1.807, 2.05) is 0 Å². The van der Waals surface area contributed by atoms with E-state index < -0.39 is 0 Å². The molecule has 0 aliphatic carbocycles. The van der Waals surface area contributed by atoms with Crippen LogP contribution in [0.3, 0.4) is 0 Å². The van der Waals surface area contributed by atoms with Crippen LogP contribution < -0.4 is 0 Å². The third-order valence-electron chi connectivity index (χ3n) is 2.09. The molecule has 2 rings (SSSR count). The van der Waals surface area contributed by atoms with Crippen LogP contribution in [0.2, 0.25) is 0 Å². The molecule has 0 aliphatic heterocycles. The number of thioether (sulfide) groups is 1. The average Bonchev–Trinajstić information content (AvgIpc) is 2.75. The van der Waals surface area contributed by atoms with Crippen LogP contribution in [-0.4, -0.2) is 15.9 Å². The Labute approximate surface area is 108 Å². The molecule has 1 aromatic carbocycles. The van der Waals surface area contributed by atoms with Crippen molar-refractivity contribution >= 4 is 17.5 Å². The molecule has 4 nitrogen and oxygen atoms in total. The number of Topliss-reactive ketones (excluding diaryl/α,β-unsaturated/α-hetero) is 1. The van der Waals surface area contributed by atoms with Gasteiger partial charge in [0.05, 0.1) is 12.2 Å². The molecule has 18 heavy (non-hydrogen) atoms. The number of hydrogen-bond donors (Lipinski definition) is 0. The van der Waals surface area contributed by atoms with Crippen LogP contribution >= 0.6 is 11.8 Å². The standard InChI is InChI=1S/C12H11FN2O2S/c1-8(16)6-12-14-11(15-17-12)7-18-10-4-2-9(13)3-5-10/h2-5H,6-7H2,1H3. The van der Waals surface area contributed by atoms with Crippen LogP contribution in [0.15, 0.2) is 33.7 Å². The van der Waals surface area contributed by atoms with Gasteiger partial charge in [-0.1, -0.05) is 5.16 Å². The Bertz CT molecular complexity index is 539. The van der Waals surface area contributed by atoms with E-state index in [9.17, 15) is 9.18 Å². The van der Waals surface area contributed by atoms with Gasteiger partial charge in [-0.15, -0.1) is 11.8 Å². The van der Waals surface area contributed by atoms with Crippen molar-refractivity contribution in [3.8, 4) is 0 Å². The van der Waals surface area contributed by atoms with Crippen molar-refractivity contribution < 1.29 is 13.7 Å². The molecule has 0 N–H and O–H groups in total. The van der Waals surface area contributed by atoms with E-state index in [-0.39, 0.29) is 18.0 Å². The van der Waals surface area contributed by atoms with Crippen molar-refractivity contribution in [3.05, 3.63) is 41.8 Å². The number of hydrogen-bond acceptors (Lipinski definition) is 5. The fourth-order valence-corrected chi connectivity index (χ4v) is 2.05. The number of rotatable bonds is 5. The van der Waals surface area contributed by atoms with Gasteiger partial charge in [-0.3, -0.25) is 4.79 Å². The third kappa shape index (κ3) is 3.66. The van der Waals surface area contributed by atoms with Crippen LogP contribution in [0.4, 0.5) is 4.39 Å². The topological polar surface area (TPSA) is 56.0 Å². The van der Waals surface area contributed by atoms with Crippen LogP contribution in [0.1, 0.15) is 18.6 Å². The lowest BCUT2D eigenvalue weighted by atomic mass is 10.3. The van der Waals surface area contributed by atoms with Gasteiger partial charge in [0.1, 0.15) is 11.6 Å². The first-order valence-electron chi connectivity index (χ1n) is 5.33. The monoisotopic (exact) mass is 266 g/mol. The number of halogens is 1. The molecule has 6 heteroatoms. The van der Waals surface area contributed by atoms with E-state index in [1.54, 1.807) is 12.1 Å². The van der Waals surface area contributed by atoms with Crippen molar-refractivity contribution in [1.29, 1.82) is 0 Å². The summed E-state index contributed by atoms with van der Waals surface area (Å²) in [4.78, 5) is 15.9. The summed E-state index contributed by atoms with van der Waals surface area (Å²) in [6, 6.07) is 6.19. The van der Waals surface area contributed by atoms with Gasteiger partial charge in [0.2, 0.25) is 5.89 Å². The molecule has 0 saturated heterocycles. The first kappa shape index (κ1) is 12.8. The lowest BCUT2D eigenvalue weighted by Crippen LogP contribution is -1.96. The molecular weight excluding hydrogens is 255 g/mol. The van der Waals surface area contributed by atoms with Gasteiger partial charge in [-0.25, -0.2) is 4.39 Å². The predicted molar refractivity (Wildman–Crippen MR) is 64.6 cm³/mol. The Balaban J connectivity index is 1.92. The maximum atomic E-state index is 12.7. The van der Waals surface area contributed by atoms with Crippen molar-refractivity contribution in [2.45, 2.75) is 24.0 Å². The highest BCUT2D eigenvalue weighted by atomic mass is 32.2. The molecule has 0 fully saturated rings. The quantitative estimate of drug-likeness (QED) is 0.779. The second-order valence-electron chi connectivity index (χ2n) is 3.73. The van der Waals surface area contributed by atoms with Gasteiger partial charge in [0, 0.05) is 4.90 Å². The second-order valence-corrected chi connectivity index (χ2v) is 4.77. The molecule has 0 unspecified atom stereocenters. The molecule has 1 aromatic heterocycles. The van der Waals surface area contributed by atoms with Gasteiger partial charge >= 0.3 is 0 Å². The van der Waals surface area contributed by atoms with Crippen molar-refractivity contribution in [3.63, 3.8) is 0 Å². The minimum atomic E-state index is -0.261. The molecule has 0 radical (unpaired) electrons. The second kappa shape index (κ2) is 5.77. The lowest BCUT2D eigenvalue weighted by Gasteiger charge is -1.97. The van der Waals surface area contributed by atoms with Crippen LogP contribution in [-0.2, 0) is 17.0 Å². The summed E-state index contributed by atoms with van der Waals surface area (Å²) in [5, 5.41) is 3.77. The minimum Gasteiger partial charge on any atom is -0.339 e. The molecule has 2 aromatic rings. The van der Waals surface area contributed by atoms with Crippen molar-refractivity contribution in [1.82, 2.24) is 10.1 Å². The smallest absolute Gasteiger partial charge is 0.234 e. The molecule has 0 atom stereocenters. The summed E-state index contributed by atoms with van der Waals surface area (Å²) in [7, 11) is 0. The fraction of sp³-hybridized carbons (Fsp3) is 0.250. The number of benzene rings is 1. The van der Waals surface area contributed by atoms with Crippen molar-refractivity contribution in [2.75, 3.05) is 0 Å². The third-order valence-corrected chi connectivity index (χ3v) is 3.10. The van der Waals surface area contributed by atoms with E-state index in [2.05, 4.69) is 10.1 Å². The van der Waals surface area contributed by atoms with E-state index in [1.165, 1.54) is 30.8 Å². The Morgan fingerprint density at radius 3 is 2.78 bits per heavy atom. The highest BCUT2D eigenvalue weighted by Crippen LogP contribution is 2.21. The summed E-state index contributed by atoms with van der Waals surface area (Å²) < 4.78 is 17.6. The number of nitrogens with zero attached hydrogens (tertiary/aromatic N) is 2. The minimum absolute atomic E-state index is 0.0172. The zero-order chi connectivity index (χ0) is 13.0. The van der Waals surface area contributed by atoms with E-state index in [4.69, 9.17) is 4.52 Å². The summed E-state index contributed by atoms with van der Waals surface area (Å²) >= 11 is 1.48. The summed E-state index contributed by atoms with van der Waals surface area (Å²) in [6.45, 7) is 1.47. The molecular formula is C12H11FN2O2S. The Hall–Kier alpha value is -1.69. The number of aromatic nitrogens is 2. The lowest BCUT2D eigenvalue weighted by molar-refractivity contribution is -0.116. The normalized spacial score (nSPS) is 10.6. The Kier molecular flexibility index (Phi) is 4.09. The molecule has 0 aliphatic rings. The first-order chi connectivity index (χ1) is 8.63. The maximum Gasteiger partial charge on any atom is 0.234 e. The number of carbonyl (C=O) groups excluding carboxylic acids is 1. The largest absolute Gasteiger partial charge is 0.339 e. The van der Waals surface area contributed by atoms with Crippen LogP contribution in [0, 0.1) is 5.82 Å². The van der Waals surface area contributed by atoms with Gasteiger partial charge in [-0.05, 0) is 31.2 Å². The van der Waals surface area contributed by atoms with Gasteiger partial charge in [0.15, 0.2) is 5.82 Å². The molecule has 1 heterocycles. The molecule has 0 saturated carbocycles. The molecule has 0 spiro atoms. The summed E-state index contributed by atoms with van der Waals surface area (Å²) in [5.74, 6) is 1.10. The first-order valence-corrected chi connectivity index (χ1v) is 6.31. The summed E-state index contributed by atoms with van der Waals surface area (Å²) in [6.07, 6.45) is 0.161. The SMILES string of the molecule is CC(=O)Cc1nc(CSc2ccc(F)cc2)no1. The van der Waals surface area contributed by atoms with Crippen molar-refractivity contribution in [2.24, 2.45) is 0 Å². The maximum absolute atomic E-state index is 12.7. The van der Waals surface area contributed by atoms with Crippen LogP contribution in [0.5, 0.6) is 0 Å².